The molecule has 0 saturated heterocycles. The number of ether oxygens (including phenoxy) is 3. The summed E-state index contributed by atoms with van der Waals surface area (Å²) in [4.78, 5) is 37.8. The molecule has 0 N–H and O–H groups in total. The molecular formula is C50H96O6. The summed E-state index contributed by atoms with van der Waals surface area (Å²) < 4.78 is 16.8. The van der Waals surface area contributed by atoms with E-state index in [1.165, 1.54) is 148 Å². The molecule has 0 aromatic carbocycles. The van der Waals surface area contributed by atoms with Gasteiger partial charge in [0.2, 0.25) is 0 Å². The van der Waals surface area contributed by atoms with Crippen molar-refractivity contribution in [2.45, 2.75) is 272 Å². The Hall–Kier alpha value is -1.59. The van der Waals surface area contributed by atoms with E-state index in [0.717, 1.165) is 75.5 Å². The minimum atomic E-state index is -0.762. The number of rotatable bonds is 43. The van der Waals surface area contributed by atoms with Gasteiger partial charge in [-0.05, 0) is 37.0 Å². The lowest BCUT2D eigenvalue weighted by molar-refractivity contribution is -0.167. The molecule has 0 aromatic rings. The zero-order valence-electron chi connectivity index (χ0n) is 38.4. The van der Waals surface area contributed by atoms with Gasteiger partial charge in [0.05, 0.1) is 0 Å². The lowest BCUT2D eigenvalue weighted by Crippen LogP contribution is -2.30. The van der Waals surface area contributed by atoms with Gasteiger partial charge >= 0.3 is 17.9 Å². The number of hydrogen-bond donors (Lipinski definition) is 0. The van der Waals surface area contributed by atoms with Gasteiger partial charge in [-0.25, -0.2) is 0 Å². The summed E-state index contributed by atoms with van der Waals surface area (Å²) in [6, 6.07) is 0. The van der Waals surface area contributed by atoms with Gasteiger partial charge in [0.15, 0.2) is 6.10 Å². The predicted molar refractivity (Wildman–Crippen MR) is 238 cm³/mol. The molecule has 6 nitrogen and oxygen atoms in total. The monoisotopic (exact) mass is 793 g/mol. The highest BCUT2D eigenvalue weighted by atomic mass is 16.6. The molecule has 0 aliphatic carbocycles. The average molecular weight is 793 g/mol. The molecule has 0 spiro atoms. The van der Waals surface area contributed by atoms with Crippen molar-refractivity contribution in [1.29, 1.82) is 0 Å². The summed E-state index contributed by atoms with van der Waals surface area (Å²) in [5.41, 5.74) is 0. The fraction of sp³-hybridized carbons (Fsp3) is 0.940. The van der Waals surface area contributed by atoms with E-state index in [-0.39, 0.29) is 31.1 Å². The number of unbranched alkanes of at least 4 members (excludes halogenated alkanes) is 26. The second-order valence-electron chi connectivity index (χ2n) is 18.5. The van der Waals surface area contributed by atoms with Crippen molar-refractivity contribution < 1.29 is 28.6 Å². The minimum absolute atomic E-state index is 0.0656. The average Bonchev–Trinajstić information content (AvgIpc) is 3.15. The summed E-state index contributed by atoms with van der Waals surface area (Å²) in [7, 11) is 0. The third kappa shape index (κ3) is 43.5. The van der Waals surface area contributed by atoms with Gasteiger partial charge in [-0.3, -0.25) is 14.4 Å². The summed E-state index contributed by atoms with van der Waals surface area (Å²) in [5.74, 6) is 1.57. The molecule has 0 aromatic heterocycles. The third-order valence-corrected chi connectivity index (χ3v) is 11.1. The second-order valence-corrected chi connectivity index (χ2v) is 18.5. The topological polar surface area (TPSA) is 78.9 Å². The van der Waals surface area contributed by atoms with Crippen molar-refractivity contribution in [3.63, 3.8) is 0 Å². The van der Waals surface area contributed by atoms with Crippen LogP contribution in [0.15, 0.2) is 0 Å². The molecule has 0 aliphatic heterocycles. The van der Waals surface area contributed by atoms with E-state index in [1.807, 2.05) is 0 Å². The van der Waals surface area contributed by atoms with Crippen molar-refractivity contribution in [3.05, 3.63) is 0 Å². The lowest BCUT2D eigenvalue weighted by Gasteiger charge is -2.18. The van der Waals surface area contributed by atoms with E-state index in [2.05, 4.69) is 41.5 Å². The fourth-order valence-electron chi connectivity index (χ4n) is 7.41. The summed E-state index contributed by atoms with van der Waals surface area (Å²) in [6.45, 7) is 13.6. The molecule has 0 unspecified atom stereocenters. The third-order valence-electron chi connectivity index (χ3n) is 11.1. The first-order valence-corrected chi connectivity index (χ1v) is 24.6. The van der Waals surface area contributed by atoms with Crippen molar-refractivity contribution in [2.24, 2.45) is 17.8 Å². The zero-order chi connectivity index (χ0) is 41.3. The summed E-state index contributed by atoms with van der Waals surface area (Å²) in [6.07, 6.45) is 39.5. The van der Waals surface area contributed by atoms with Crippen LogP contribution in [0.3, 0.4) is 0 Å². The van der Waals surface area contributed by atoms with Crippen LogP contribution in [0.25, 0.3) is 0 Å². The van der Waals surface area contributed by atoms with Gasteiger partial charge in [-0.15, -0.1) is 0 Å². The van der Waals surface area contributed by atoms with Gasteiger partial charge in [0.25, 0.3) is 0 Å². The van der Waals surface area contributed by atoms with Crippen molar-refractivity contribution in [1.82, 2.24) is 0 Å². The molecule has 0 amide bonds. The molecule has 0 aliphatic rings. The van der Waals surface area contributed by atoms with Crippen LogP contribution in [-0.4, -0.2) is 37.2 Å². The molecule has 1 atom stereocenters. The highest BCUT2D eigenvalue weighted by Gasteiger charge is 2.19. The first-order valence-electron chi connectivity index (χ1n) is 24.6. The Morgan fingerprint density at radius 3 is 0.768 bits per heavy atom. The first-order chi connectivity index (χ1) is 27.1. The maximum Gasteiger partial charge on any atom is 0.306 e. The highest BCUT2D eigenvalue weighted by Crippen LogP contribution is 2.17. The van der Waals surface area contributed by atoms with Gasteiger partial charge < -0.3 is 14.2 Å². The van der Waals surface area contributed by atoms with E-state index in [4.69, 9.17) is 14.2 Å². The van der Waals surface area contributed by atoms with Crippen LogP contribution in [0, 0.1) is 17.8 Å². The lowest BCUT2D eigenvalue weighted by atomic mass is 10.0. The highest BCUT2D eigenvalue weighted by molar-refractivity contribution is 5.71. The standard InChI is InChI=1S/C50H96O6/c1-44(2)36-30-24-18-13-9-7-11-15-21-27-33-39-48(51)54-42-47(43-55-49(52)40-34-28-23-17-20-26-32-38-46(5)6)56-50(53)41-35-29-22-16-12-8-10-14-19-25-31-37-45(3)4/h44-47H,7-43H2,1-6H3/t47-/m1/s1. The maximum absolute atomic E-state index is 12.7. The molecule has 0 bridgehead atoms. The molecule has 0 radical (unpaired) electrons. The van der Waals surface area contributed by atoms with E-state index >= 15 is 0 Å². The quantitative estimate of drug-likeness (QED) is 0.0348. The molecule has 332 valence electrons. The van der Waals surface area contributed by atoms with Crippen molar-refractivity contribution >= 4 is 17.9 Å². The number of hydrogen-bond acceptors (Lipinski definition) is 6. The van der Waals surface area contributed by atoms with Crippen molar-refractivity contribution in [2.75, 3.05) is 13.2 Å². The van der Waals surface area contributed by atoms with E-state index < -0.39 is 6.10 Å². The van der Waals surface area contributed by atoms with Crippen molar-refractivity contribution in [3.8, 4) is 0 Å². The second kappa shape index (κ2) is 41.6. The Bertz CT molecular complexity index is 868. The number of carbonyl (C=O) groups is 3. The van der Waals surface area contributed by atoms with Crippen LogP contribution >= 0.6 is 0 Å². The first kappa shape index (κ1) is 54.4. The molecule has 0 fully saturated rings. The van der Waals surface area contributed by atoms with Gasteiger partial charge in [-0.2, -0.15) is 0 Å². The number of esters is 3. The molecule has 56 heavy (non-hydrogen) atoms. The molecule has 6 heteroatoms. The zero-order valence-corrected chi connectivity index (χ0v) is 38.4. The predicted octanol–water partition coefficient (Wildman–Crippen LogP) is 15.6. The fourth-order valence-corrected chi connectivity index (χ4v) is 7.41. The smallest absolute Gasteiger partial charge is 0.306 e. The molecule has 0 heterocycles. The Kier molecular flexibility index (Phi) is 40.4. The van der Waals surface area contributed by atoms with Crippen LogP contribution in [0.1, 0.15) is 266 Å². The SMILES string of the molecule is CC(C)CCCCCCCCCCCCCC(=O)OC[C@H](COC(=O)CCCCCCCCCC(C)C)OC(=O)CCCCCCCCCCCCCC(C)C. The van der Waals surface area contributed by atoms with Gasteiger partial charge in [-0.1, -0.05) is 228 Å². The Balaban J connectivity index is 4.32. The van der Waals surface area contributed by atoms with Crippen LogP contribution in [0.5, 0.6) is 0 Å². The Labute approximate surface area is 348 Å². The Morgan fingerprint density at radius 2 is 0.518 bits per heavy atom. The van der Waals surface area contributed by atoms with Crippen LogP contribution < -0.4 is 0 Å². The molecule has 0 saturated carbocycles. The van der Waals surface area contributed by atoms with Crippen LogP contribution in [0.4, 0.5) is 0 Å². The van der Waals surface area contributed by atoms with Gasteiger partial charge in [0, 0.05) is 19.3 Å². The van der Waals surface area contributed by atoms with E-state index in [1.54, 1.807) is 0 Å². The molecular weight excluding hydrogens is 697 g/mol. The minimum Gasteiger partial charge on any atom is -0.462 e. The van der Waals surface area contributed by atoms with Gasteiger partial charge in [0.1, 0.15) is 13.2 Å². The summed E-state index contributed by atoms with van der Waals surface area (Å²) in [5, 5.41) is 0. The van der Waals surface area contributed by atoms with E-state index in [9.17, 15) is 14.4 Å². The van der Waals surface area contributed by atoms with E-state index in [0.29, 0.717) is 19.3 Å². The van der Waals surface area contributed by atoms with Crippen LogP contribution in [-0.2, 0) is 28.6 Å². The normalized spacial score (nSPS) is 12.2. The number of carbonyl (C=O) groups excluding carboxylic acids is 3. The Morgan fingerprint density at radius 1 is 0.304 bits per heavy atom. The molecule has 0 rings (SSSR count). The maximum atomic E-state index is 12.7. The largest absolute Gasteiger partial charge is 0.462 e. The summed E-state index contributed by atoms with van der Waals surface area (Å²) >= 11 is 0. The van der Waals surface area contributed by atoms with Crippen LogP contribution in [0.2, 0.25) is 0 Å².